The molecule has 6 heteroatoms. The Labute approximate surface area is 132 Å². The van der Waals surface area contributed by atoms with E-state index in [1.54, 1.807) is 13.2 Å². The van der Waals surface area contributed by atoms with E-state index in [4.69, 9.17) is 4.74 Å². The van der Waals surface area contributed by atoms with Crippen molar-refractivity contribution in [2.24, 2.45) is 0 Å². The van der Waals surface area contributed by atoms with Crippen LogP contribution in [-0.4, -0.2) is 23.2 Å². The smallest absolute Gasteiger partial charge is 0.273 e. The first-order valence-electron chi connectivity index (χ1n) is 6.92. The minimum Gasteiger partial charge on any atom is -0.497 e. The van der Waals surface area contributed by atoms with Gasteiger partial charge in [-0.25, -0.2) is 4.39 Å². The number of hydrogen-bond donors (Lipinski definition) is 2. The van der Waals surface area contributed by atoms with E-state index in [0.29, 0.717) is 17.1 Å². The monoisotopic (exact) mass is 311 g/mol. The number of anilines is 1. The van der Waals surface area contributed by atoms with Gasteiger partial charge in [-0.3, -0.25) is 9.89 Å². The van der Waals surface area contributed by atoms with Crippen LogP contribution in [0.3, 0.4) is 0 Å². The second kappa shape index (κ2) is 6.31. The molecule has 0 unspecified atom stereocenters. The fourth-order valence-corrected chi connectivity index (χ4v) is 2.08. The third-order valence-electron chi connectivity index (χ3n) is 3.31. The molecule has 0 bridgehead atoms. The molecule has 0 aliphatic rings. The number of amides is 1. The van der Waals surface area contributed by atoms with Crippen LogP contribution in [0.1, 0.15) is 10.5 Å². The molecule has 5 nitrogen and oxygen atoms in total. The number of benzene rings is 2. The number of hydrogen-bond acceptors (Lipinski definition) is 3. The highest BCUT2D eigenvalue weighted by Crippen LogP contribution is 2.21. The summed E-state index contributed by atoms with van der Waals surface area (Å²) in [6, 6.07) is 14.6. The van der Waals surface area contributed by atoms with Crippen LogP contribution in [0, 0.1) is 5.82 Å². The molecular weight excluding hydrogens is 297 g/mol. The number of nitrogens with one attached hydrogen (secondary N) is 2. The van der Waals surface area contributed by atoms with Gasteiger partial charge >= 0.3 is 0 Å². The van der Waals surface area contributed by atoms with Gasteiger partial charge in [-0.2, -0.15) is 5.10 Å². The number of aromatic nitrogens is 2. The Morgan fingerprint density at radius 2 is 1.83 bits per heavy atom. The van der Waals surface area contributed by atoms with Crippen molar-refractivity contribution >= 4 is 11.6 Å². The Balaban J connectivity index is 1.75. The van der Waals surface area contributed by atoms with Gasteiger partial charge in [0.15, 0.2) is 0 Å². The van der Waals surface area contributed by atoms with Gasteiger partial charge in [0.25, 0.3) is 5.91 Å². The van der Waals surface area contributed by atoms with Crippen molar-refractivity contribution in [3.8, 4) is 17.0 Å². The highest BCUT2D eigenvalue weighted by Gasteiger charge is 2.11. The highest BCUT2D eigenvalue weighted by molar-refractivity contribution is 6.03. The predicted molar refractivity (Wildman–Crippen MR) is 84.9 cm³/mol. The first kappa shape index (κ1) is 14.8. The highest BCUT2D eigenvalue weighted by atomic mass is 19.1. The SMILES string of the molecule is COc1ccc(-c2cc(C(=O)Nc3ccc(F)cc3)[nH]n2)cc1. The first-order chi connectivity index (χ1) is 11.2. The van der Waals surface area contributed by atoms with Crippen LogP contribution in [0.15, 0.2) is 54.6 Å². The normalized spacial score (nSPS) is 10.3. The minimum atomic E-state index is -0.355. The van der Waals surface area contributed by atoms with Crippen molar-refractivity contribution in [3.63, 3.8) is 0 Å². The number of carbonyl (C=O) groups is 1. The molecule has 2 aromatic carbocycles. The number of halogens is 1. The van der Waals surface area contributed by atoms with E-state index in [1.165, 1.54) is 24.3 Å². The Kier molecular flexibility index (Phi) is 4.05. The standard InChI is InChI=1S/C17H14FN3O2/c1-23-14-8-2-11(3-9-14)15-10-16(21-20-15)17(22)19-13-6-4-12(18)5-7-13/h2-10H,1H3,(H,19,22)(H,20,21). The summed E-state index contributed by atoms with van der Waals surface area (Å²) in [4.78, 5) is 12.1. The van der Waals surface area contributed by atoms with Gasteiger partial charge in [-0.1, -0.05) is 0 Å². The van der Waals surface area contributed by atoms with Gasteiger partial charge in [0.2, 0.25) is 0 Å². The third kappa shape index (κ3) is 3.37. The van der Waals surface area contributed by atoms with Crippen LogP contribution in [0.4, 0.5) is 10.1 Å². The Morgan fingerprint density at radius 1 is 1.13 bits per heavy atom. The predicted octanol–water partition coefficient (Wildman–Crippen LogP) is 3.48. The number of nitrogens with zero attached hydrogens (tertiary/aromatic N) is 1. The molecule has 0 atom stereocenters. The fourth-order valence-electron chi connectivity index (χ4n) is 2.08. The zero-order chi connectivity index (χ0) is 16.2. The minimum absolute atomic E-state index is 0.320. The van der Waals surface area contributed by atoms with E-state index in [2.05, 4.69) is 15.5 Å². The zero-order valence-electron chi connectivity index (χ0n) is 12.3. The van der Waals surface area contributed by atoms with Gasteiger partial charge in [0.1, 0.15) is 17.3 Å². The van der Waals surface area contributed by atoms with Crippen molar-refractivity contribution in [1.29, 1.82) is 0 Å². The zero-order valence-corrected chi connectivity index (χ0v) is 12.3. The van der Waals surface area contributed by atoms with Crippen LogP contribution < -0.4 is 10.1 Å². The molecule has 2 N–H and O–H groups in total. The summed E-state index contributed by atoms with van der Waals surface area (Å²) in [5, 5.41) is 9.50. The van der Waals surface area contributed by atoms with Gasteiger partial charge < -0.3 is 10.1 Å². The molecule has 1 aromatic heterocycles. The third-order valence-corrected chi connectivity index (χ3v) is 3.31. The molecule has 116 valence electrons. The maximum atomic E-state index is 12.9. The molecule has 3 aromatic rings. The molecule has 23 heavy (non-hydrogen) atoms. The maximum Gasteiger partial charge on any atom is 0.273 e. The number of rotatable bonds is 4. The summed E-state index contributed by atoms with van der Waals surface area (Å²) in [6.07, 6.45) is 0. The maximum absolute atomic E-state index is 12.9. The van der Waals surface area contributed by atoms with Crippen LogP contribution in [0.2, 0.25) is 0 Å². The summed E-state index contributed by atoms with van der Waals surface area (Å²) in [5.41, 5.74) is 2.34. The quantitative estimate of drug-likeness (QED) is 0.775. The summed E-state index contributed by atoms with van der Waals surface area (Å²) >= 11 is 0. The van der Waals surface area contributed by atoms with Crippen molar-refractivity contribution < 1.29 is 13.9 Å². The van der Waals surface area contributed by atoms with E-state index in [0.717, 1.165) is 11.3 Å². The van der Waals surface area contributed by atoms with Crippen LogP contribution in [0.5, 0.6) is 5.75 Å². The number of carbonyl (C=O) groups excluding carboxylic acids is 1. The lowest BCUT2D eigenvalue weighted by Gasteiger charge is -2.02. The van der Waals surface area contributed by atoms with E-state index in [-0.39, 0.29) is 11.7 Å². The number of aromatic amines is 1. The number of H-pyrrole nitrogens is 1. The molecule has 0 aliphatic heterocycles. The van der Waals surface area contributed by atoms with Crippen molar-refractivity contribution in [1.82, 2.24) is 10.2 Å². The average Bonchev–Trinajstić information content (AvgIpc) is 3.07. The molecule has 1 amide bonds. The topological polar surface area (TPSA) is 67.0 Å². The van der Waals surface area contributed by atoms with Crippen molar-refractivity contribution in [3.05, 3.63) is 66.1 Å². The lowest BCUT2D eigenvalue weighted by atomic mass is 10.1. The van der Waals surface area contributed by atoms with Gasteiger partial charge in [-0.05, 0) is 54.6 Å². The second-order valence-electron chi connectivity index (χ2n) is 4.86. The summed E-state index contributed by atoms with van der Waals surface area (Å²) in [5.74, 6) is 0.0498. The molecule has 0 spiro atoms. The largest absolute Gasteiger partial charge is 0.497 e. The molecule has 0 saturated carbocycles. The Bertz CT molecular complexity index is 811. The van der Waals surface area contributed by atoms with Gasteiger partial charge in [0, 0.05) is 11.3 Å². The Hall–Kier alpha value is -3.15. The lowest BCUT2D eigenvalue weighted by Crippen LogP contribution is -2.12. The molecule has 0 aliphatic carbocycles. The number of methoxy groups -OCH3 is 1. The van der Waals surface area contributed by atoms with Gasteiger partial charge in [0.05, 0.1) is 12.8 Å². The van der Waals surface area contributed by atoms with Crippen molar-refractivity contribution in [2.75, 3.05) is 12.4 Å². The Morgan fingerprint density at radius 3 is 2.48 bits per heavy atom. The molecule has 3 rings (SSSR count). The molecule has 0 saturated heterocycles. The molecule has 0 fully saturated rings. The lowest BCUT2D eigenvalue weighted by molar-refractivity contribution is 0.102. The first-order valence-corrected chi connectivity index (χ1v) is 6.92. The molecule has 1 heterocycles. The van der Waals surface area contributed by atoms with Crippen LogP contribution in [-0.2, 0) is 0 Å². The summed E-state index contributed by atoms with van der Waals surface area (Å²) in [7, 11) is 1.60. The van der Waals surface area contributed by atoms with E-state index in [1.807, 2.05) is 24.3 Å². The van der Waals surface area contributed by atoms with Crippen LogP contribution >= 0.6 is 0 Å². The molecule has 0 radical (unpaired) electrons. The average molecular weight is 311 g/mol. The summed E-state index contributed by atoms with van der Waals surface area (Å²) in [6.45, 7) is 0. The van der Waals surface area contributed by atoms with Crippen LogP contribution in [0.25, 0.3) is 11.3 Å². The van der Waals surface area contributed by atoms with Crippen molar-refractivity contribution in [2.45, 2.75) is 0 Å². The fraction of sp³-hybridized carbons (Fsp3) is 0.0588. The van der Waals surface area contributed by atoms with Gasteiger partial charge in [-0.15, -0.1) is 0 Å². The van der Waals surface area contributed by atoms with E-state index >= 15 is 0 Å². The number of ether oxygens (including phenoxy) is 1. The van der Waals surface area contributed by atoms with E-state index in [9.17, 15) is 9.18 Å². The molecular formula is C17H14FN3O2. The van der Waals surface area contributed by atoms with E-state index < -0.39 is 0 Å². The second-order valence-corrected chi connectivity index (χ2v) is 4.86. The summed E-state index contributed by atoms with van der Waals surface area (Å²) < 4.78 is 18.0.